The van der Waals surface area contributed by atoms with Crippen LogP contribution in [0, 0.1) is 5.82 Å². The number of imidazole rings is 1. The van der Waals surface area contributed by atoms with Gasteiger partial charge in [0.1, 0.15) is 17.3 Å². The fourth-order valence-electron chi connectivity index (χ4n) is 5.43. The van der Waals surface area contributed by atoms with Crippen LogP contribution >= 0.6 is 0 Å². The topological polar surface area (TPSA) is 92.6 Å². The van der Waals surface area contributed by atoms with Gasteiger partial charge in [-0.25, -0.2) is 19.2 Å². The molecule has 37 heavy (non-hydrogen) atoms. The van der Waals surface area contributed by atoms with E-state index in [1.54, 1.807) is 28.0 Å². The third-order valence-electron chi connectivity index (χ3n) is 7.45. The van der Waals surface area contributed by atoms with Gasteiger partial charge in [-0.2, -0.15) is 0 Å². The zero-order chi connectivity index (χ0) is 25.5. The number of halogens is 1. The highest BCUT2D eigenvalue weighted by Crippen LogP contribution is 2.31. The molecule has 1 saturated heterocycles. The Morgan fingerprint density at radius 2 is 1.92 bits per heavy atom. The lowest BCUT2D eigenvalue weighted by Gasteiger charge is -2.35. The van der Waals surface area contributed by atoms with Crippen molar-refractivity contribution in [3.8, 4) is 11.5 Å². The molecule has 9 nitrogen and oxygen atoms in total. The summed E-state index contributed by atoms with van der Waals surface area (Å²) in [5, 5.41) is 2.74. The molecule has 2 aromatic heterocycles. The van der Waals surface area contributed by atoms with E-state index in [1.807, 2.05) is 12.3 Å². The average molecular weight is 505 g/mol. The lowest BCUT2D eigenvalue weighted by molar-refractivity contribution is 0.0421. The van der Waals surface area contributed by atoms with Gasteiger partial charge in [0.05, 0.1) is 18.8 Å². The number of fused-ring (bicyclic) bond motifs is 2. The van der Waals surface area contributed by atoms with Crippen molar-refractivity contribution in [3.63, 3.8) is 0 Å². The molecule has 3 aliphatic rings. The maximum Gasteiger partial charge on any atom is 0.320 e. The lowest BCUT2D eigenvalue weighted by Crippen LogP contribution is -2.49. The number of pyridine rings is 1. The van der Waals surface area contributed by atoms with Gasteiger partial charge in [0, 0.05) is 44.1 Å². The minimum absolute atomic E-state index is 0.0508. The second-order valence-electron chi connectivity index (χ2n) is 9.85. The molecule has 6 rings (SSSR count). The molecule has 10 heteroatoms. The summed E-state index contributed by atoms with van der Waals surface area (Å²) in [6, 6.07) is 8.61. The molecule has 192 valence electrons. The van der Waals surface area contributed by atoms with E-state index in [0.717, 1.165) is 29.8 Å². The maximum absolute atomic E-state index is 15.0. The van der Waals surface area contributed by atoms with Crippen molar-refractivity contribution in [2.24, 2.45) is 0 Å². The van der Waals surface area contributed by atoms with Crippen molar-refractivity contribution in [2.45, 2.75) is 38.8 Å². The van der Waals surface area contributed by atoms with Crippen molar-refractivity contribution in [3.05, 3.63) is 64.7 Å². The molecule has 0 unspecified atom stereocenters. The predicted octanol–water partition coefficient (Wildman–Crippen LogP) is 3.65. The smallest absolute Gasteiger partial charge is 0.320 e. The standard InChI is InChI=1S/C27H29FN6O3/c1-17-5-6-20-15-29-25(34(17)20)23-3-2-4-24(30-23)31-26(35)21-13-19-16-33(8-7-18(19)14-22(21)28)27(36)32-9-11-37-12-10-32/h2-4,13-15,17H,5-12,16H2,1H3,(H,30,31,35)/t17-/m1/s1. The molecule has 3 aromatic rings. The molecular formula is C27H29FN6O3. The highest BCUT2D eigenvalue weighted by Gasteiger charge is 2.28. The van der Waals surface area contributed by atoms with Crippen LogP contribution in [0.1, 0.15) is 46.6 Å². The summed E-state index contributed by atoms with van der Waals surface area (Å²) < 4.78 is 22.5. The number of rotatable bonds is 3. The molecule has 0 bridgehead atoms. The first-order chi connectivity index (χ1) is 18.0. The van der Waals surface area contributed by atoms with E-state index in [4.69, 9.17) is 4.74 Å². The van der Waals surface area contributed by atoms with Crippen molar-refractivity contribution >= 4 is 17.8 Å². The molecule has 1 fully saturated rings. The largest absolute Gasteiger partial charge is 0.378 e. The van der Waals surface area contributed by atoms with Crippen LogP contribution in [0.25, 0.3) is 11.5 Å². The molecule has 5 heterocycles. The number of aromatic nitrogens is 3. The first kappa shape index (κ1) is 23.6. The van der Waals surface area contributed by atoms with E-state index in [0.29, 0.717) is 63.4 Å². The number of nitrogens with one attached hydrogen (secondary N) is 1. The van der Waals surface area contributed by atoms with Gasteiger partial charge >= 0.3 is 6.03 Å². The molecule has 0 radical (unpaired) electrons. The Balaban J connectivity index is 1.20. The van der Waals surface area contributed by atoms with Crippen LogP contribution in [0.5, 0.6) is 0 Å². The summed E-state index contributed by atoms with van der Waals surface area (Å²) in [7, 11) is 0. The number of carbonyl (C=O) groups is 2. The number of morpholine rings is 1. The lowest BCUT2D eigenvalue weighted by atomic mass is 9.96. The van der Waals surface area contributed by atoms with E-state index in [2.05, 4.69) is 26.8 Å². The summed E-state index contributed by atoms with van der Waals surface area (Å²) in [5.74, 6) is -0.0728. The minimum Gasteiger partial charge on any atom is -0.378 e. The van der Waals surface area contributed by atoms with Crippen LogP contribution in [0.4, 0.5) is 15.0 Å². The summed E-state index contributed by atoms with van der Waals surface area (Å²) >= 11 is 0. The molecule has 3 amide bonds. The number of hydrogen-bond acceptors (Lipinski definition) is 5. The van der Waals surface area contributed by atoms with Crippen LogP contribution < -0.4 is 5.32 Å². The van der Waals surface area contributed by atoms with Crippen molar-refractivity contribution < 1.29 is 18.7 Å². The fraction of sp³-hybridized carbons (Fsp3) is 0.407. The van der Waals surface area contributed by atoms with Gasteiger partial charge in [0.25, 0.3) is 5.91 Å². The van der Waals surface area contributed by atoms with Crippen LogP contribution in [-0.4, -0.2) is 69.1 Å². The summed E-state index contributed by atoms with van der Waals surface area (Å²) in [6.07, 6.45) is 4.47. The van der Waals surface area contributed by atoms with Gasteiger partial charge in [-0.15, -0.1) is 0 Å². The number of amides is 3. The first-order valence-corrected chi connectivity index (χ1v) is 12.8. The molecule has 3 aliphatic heterocycles. The van der Waals surface area contributed by atoms with Gasteiger partial charge in [0.15, 0.2) is 5.82 Å². The zero-order valence-electron chi connectivity index (χ0n) is 20.7. The Hall–Kier alpha value is -3.79. The third-order valence-corrected chi connectivity index (χ3v) is 7.45. The normalized spacial score (nSPS) is 18.9. The van der Waals surface area contributed by atoms with Crippen molar-refractivity contribution in [1.29, 1.82) is 0 Å². The molecule has 1 N–H and O–H groups in total. The summed E-state index contributed by atoms with van der Waals surface area (Å²) in [4.78, 5) is 38.7. The Morgan fingerprint density at radius 1 is 1.08 bits per heavy atom. The molecule has 0 saturated carbocycles. The Morgan fingerprint density at radius 3 is 2.76 bits per heavy atom. The second kappa shape index (κ2) is 9.59. The molecule has 1 aromatic carbocycles. The van der Waals surface area contributed by atoms with E-state index in [-0.39, 0.29) is 11.6 Å². The number of ether oxygens (including phenoxy) is 1. The minimum atomic E-state index is -0.583. The number of benzene rings is 1. The summed E-state index contributed by atoms with van der Waals surface area (Å²) in [6.45, 7) is 5.19. The number of nitrogens with zero attached hydrogens (tertiary/aromatic N) is 5. The van der Waals surface area contributed by atoms with Crippen LogP contribution in [-0.2, 0) is 24.1 Å². The van der Waals surface area contributed by atoms with Crippen LogP contribution in [0.3, 0.4) is 0 Å². The quantitative estimate of drug-likeness (QED) is 0.588. The van der Waals surface area contributed by atoms with Gasteiger partial charge in [-0.1, -0.05) is 6.07 Å². The number of hydrogen-bond donors (Lipinski definition) is 1. The van der Waals surface area contributed by atoms with Gasteiger partial charge in [0.2, 0.25) is 0 Å². The van der Waals surface area contributed by atoms with E-state index < -0.39 is 11.7 Å². The first-order valence-electron chi connectivity index (χ1n) is 12.8. The van der Waals surface area contributed by atoms with E-state index in [1.165, 1.54) is 11.8 Å². The van der Waals surface area contributed by atoms with E-state index in [9.17, 15) is 14.0 Å². The second-order valence-corrected chi connectivity index (χ2v) is 9.85. The molecule has 0 aliphatic carbocycles. The molecular weight excluding hydrogens is 475 g/mol. The highest BCUT2D eigenvalue weighted by atomic mass is 19.1. The van der Waals surface area contributed by atoms with Crippen LogP contribution in [0.2, 0.25) is 0 Å². The van der Waals surface area contributed by atoms with Crippen molar-refractivity contribution in [1.82, 2.24) is 24.3 Å². The Kier molecular flexibility index (Phi) is 6.11. The SMILES string of the molecule is C[C@@H]1CCc2cnc(-c3cccc(NC(=O)c4cc5c(cc4F)CCN(C(=O)N4CCOCC4)C5)n3)n21. The number of carbonyl (C=O) groups excluding carboxylic acids is 2. The Bertz CT molecular complexity index is 1370. The zero-order valence-corrected chi connectivity index (χ0v) is 20.7. The monoisotopic (exact) mass is 504 g/mol. The average Bonchev–Trinajstić information content (AvgIpc) is 3.51. The molecule has 1 atom stereocenters. The number of urea groups is 1. The van der Waals surface area contributed by atoms with Gasteiger partial charge in [-0.05, 0) is 61.6 Å². The third kappa shape index (κ3) is 4.46. The predicted molar refractivity (Wildman–Crippen MR) is 135 cm³/mol. The summed E-state index contributed by atoms with van der Waals surface area (Å²) in [5.41, 5.74) is 3.37. The van der Waals surface area contributed by atoms with Crippen LogP contribution in [0.15, 0.2) is 36.5 Å². The molecule has 0 spiro atoms. The fourth-order valence-corrected chi connectivity index (χ4v) is 5.43. The maximum atomic E-state index is 15.0. The number of aryl methyl sites for hydroxylation is 1. The van der Waals surface area contributed by atoms with Crippen molar-refractivity contribution in [2.75, 3.05) is 38.2 Å². The van der Waals surface area contributed by atoms with E-state index >= 15 is 0 Å². The Labute approximate surface area is 214 Å². The highest BCUT2D eigenvalue weighted by molar-refractivity contribution is 6.04. The van der Waals surface area contributed by atoms with Gasteiger partial charge < -0.3 is 24.4 Å². The van der Waals surface area contributed by atoms with Gasteiger partial charge in [-0.3, -0.25) is 4.79 Å². The number of anilines is 1.